The number of amides is 1. The number of aromatic nitrogens is 3. The molecule has 0 spiro atoms. The Balaban J connectivity index is 1.41. The molecule has 0 unspecified atom stereocenters. The van der Waals surface area contributed by atoms with Gasteiger partial charge in [-0.2, -0.15) is 0 Å². The van der Waals surface area contributed by atoms with Crippen molar-refractivity contribution in [1.82, 2.24) is 15.0 Å². The summed E-state index contributed by atoms with van der Waals surface area (Å²) in [5, 5.41) is 4.49. The molecular weight excluding hydrogens is 461 g/mol. The molecule has 1 fully saturated rings. The van der Waals surface area contributed by atoms with Gasteiger partial charge in [-0.3, -0.25) is 9.78 Å². The lowest BCUT2D eigenvalue weighted by Crippen LogP contribution is -2.29. The van der Waals surface area contributed by atoms with Gasteiger partial charge in [0.25, 0.3) is 0 Å². The van der Waals surface area contributed by atoms with Crippen molar-refractivity contribution in [1.29, 1.82) is 0 Å². The van der Waals surface area contributed by atoms with E-state index in [1.807, 2.05) is 6.92 Å². The molecule has 0 bridgehead atoms. The normalized spacial score (nSPS) is 13.5. The number of hydrogen-bond donors (Lipinski definition) is 1. The topological polar surface area (TPSA) is 114 Å². The number of carbonyl (C=O) groups is 1. The summed E-state index contributed by atoms with van der Waals surface area (Å²) in [5.41, 5.74) is 2.66. The summed E-state index contributed by atoms with van der Waals surface area (Å²) in [6.07, 6.45) is 4.50. The summed E-state index contributed by atoms with van der Waals surface area (Å²) in [6, 6.07) is 5.18. The van der Waals surface area contributed by atoms with Gasteiger partial charge in [-0.05, 0) is 25.8 Å². The van der Waals surface area contributed by atoms with E-state index in [1.54, 1.807) is 29.8 Å². The quantitative estimate of drug-likeness (QED) is 0.463. The maximum atomic E-state index is 12.5. The monoisotopic (exact) mass is 483 g/mol. The molecule has 2 radical (unpaired) electrons. The second kappa shape index (κ2) is 9.48. The minimum Gasteiger partial charge on any atom is -0.477 e. The highest BCUT2D eigenvalue weighted by atomic mass is 32.2. The number of benzene rings is 1. The third kappa shape index (κ3) is 5.33. The molecule has 1 N–H and O–H groups in total. The molecule has 1 aliphatic carbocycles. The van der Waals surface area contributed by atoms with E-state index in [2.05, 4.69) is 20.3 Å². The van der Waals surface area contributed by atoms with Gasteiger partial charge in [-0.1, -0.05) is 17.6 Å². The van der Waals surface area contributed by atoms with Crippen molar-refractivity contribution in [2.24, 2.45) is 0 Å². The largest absolute Gasteiger partial charge is 0.477 e. The lowest BCUT2D eigenvalue weighted by molar-refractivity contribution is -0.115. The van der Waals surface area contributed by atoms with Gasteiger partial charge in [0.05, 0.1) is 42.1 Å². The highest BCUT2D eigenvalue weighted by Gasteiger charge is 2.39. The van der Waals surface area contributed by atoms with Crippen LogP contribution in [0.1, 0.15) is 25.5 Å². The van der Waals surface area contributed by atoms with E-state index < -0.39 is 10.0 Å². The summed E-state index contributed by atoms with van der Waals surface area (Å²) in [6.45, 7) is 2.35. The van der Waals surface area contributed by atoms with E-state index in [1.165, 1.54) is 28.9 Å². The Morgan fingerprint density at radius 1 is 1.30 bits per heavy atom. The van der Waals surface area contributed by atoms with Crippen molar-refractivity contribution in [3.05, 3.63) is 41.7 Å². The summed E-state index contributed by atoms with van der Waals surface area (Å²) in [5.74, 6) is 0.112. The Kier molecular flexibility index (Phi) is 6.66. The standard InChI is InChI=1S/C21H22BN5O4S2/c1-3-31-20-11-23-10-18(26-20)13-4-7-17(16(22)8-13)25-19(28)9-14-12-32-21(24-14)27(2)33(29,30)15-5-6-15/h4,7-8,10-12,15H,3,5-6,9H2,1-2H3,(H,25,28). The first kappa shape index (κ1) is 23.2. The lowest BCUT2D eigenvalue weighted by atomic mass is 9.91. The van der Waals surface area contributed by atoms with Gasteiger partial charge in [0.2, 0.25) is 21.8 Å². The molecule has 0 aliphatic heterocycles. The number of nitrogens with zero attached hydrogens (tertiary/aromatic N) is 4. The average molecular weight is 483 g/mol. The Morgan fingerprint density at radius 3 is 2.79 bits per heavy atom. The first-order chi connectivity index (χ1) is 15.8. The number of thiazole rings is 1. The molecule has 4 rings (SSSR count). The Morgan fingerprint density at radius 2 is 2.09 bits per heavy atom. The maximum absolute atomic E-state index is 12.5. The van der Waals surface area contributed by atoms with Crippen LogP contribution in [0.4, 0.5) is 10.8 Å². The van der Waals surface area contributed by atoms with Gasteiger partial charge in [-0.25, -0.2) is 22.7 Å². The fourth-order valence-corrected chi connectivity index (χ4v) is 5.69. The second-order valence-corrected chi connectivity index (χ2v) is 10.6. The van der Waals surface area contributed by atoms with Crippen LogP contribution in [0, 0.1) is 0 Å². The molecule has 1 aromatic carbocycles. The predicted molar refractivity (Wildman–Crippen MR) is 129 cm³/mol. The van der Waals surface area contributed by atoms with Gasteiger partial charge in [0, 0.05) is 23.7 Å². The third-order valence-electron chi connectivity index (χ3n) is 5.00. The van der Waals surface area contributed by atoms with Crippen LogP contribution in [0.3, 0.4) is 0 Å². The zero-order valence-corrected chi connectivity index (χ0v) is 19.8. The molecule has 0 saturated heterocycles. The number of ether oxygens (including phenoxy) is 1. The lowest BCUT2D eigenvalue weighted by Gasteiger charge is -2.15. The predicted octanol–water partition coefficient (Wildman–Crippen LogP) is 1.90. The average Bonchev–Trinajstić information content (AvgIpc) is 3.56. The van der Waals surface area contributed by atoms with Crippen molar-refractivity contribution in [3.8, 4) is 17.1 Å². The molecule has 1 amide bonds. The van der Waals surface area contributed by atoms with Crippen molar-refractivity contribution < 1.29 is 17.9 Å². The molecule has 33 heavy (non-hydrogen) atoms. The van der Waals surface area contributed by atoms with Gasteiger partial charge in [0.15, 0.2) is 5.13 Å². The number of sulfonamides is 1. The van der Waals surface area contributed by atoms with Crippen LogP contribution in [-0.4, -0.2) is 56.0 Å². The Bertz CT molecular complexity index is 1280. The minimum atomic E-state index is -3.37. The van der Waals surface area contributed by atoms with Crippen molar-refractivity contribution in [2.45, 2.75) is 31.4 Å². The minimum absolute atomic E-state index is 0.00309. The Labute approximate surface area is 197 Å². The van der Waals surface area contributed by atoms with Crippen molar-refractivity contribution >= 4 is 51.4 Å². The van der Waals surface area contributed by atoms with Crippen LogP contribution in [0.25, 0.3) is 11.3 Å². The first-order valence-electron chi connectivity index (χ1n) is 10.3. The second-order valence-electron chi connectivity index (χ2n) is 7.54. The van der Waals surface area contributed by atoms with Crippen molar-refractivity contribution in [2.75, 3.05) is 23.3 Å². The first-order valence-corrected chi connectivity index (χ1v) is 12.7. The fourth-order valence-electron chi connectivity index (χ4n) is 3.12. The summed E-state index contributed by atoms with van der Waals surface area (Å²) in [7, 11) is 4.26. The van der Waals surface area contributed by atoms with Crippen LogP contribution < -0.4 is 19.8 Å². The molecule has 0 atom stereocenters. The molecule has 2 aromatic heterocycles. The summed E-state index contributed by atoms with van der Waals surface area (Å²) < 4.78 is 31.3. The smallest absolute Gasteiger partial charge is 0.239 e. The fraction of sp³-hybridized carbons (Fsp3) is 0.333. The van der Waals surface area contributed by atoms with Gasteiger partial charge in [0.1, 0.15) is 7.85 Å². The van der Waals surface area contributed by atoms with E-state index in [4.69, 9.17) is 12.6 Å². The van der Waals surface area contributed by atoms with Crippen LogP contribution >= 0.6 is 11.3 Å². The number of nitrogens with one attached hydrogen (secondary N) is 1. The molecule has 1 saturated carbocycles. The number of hydrogen-bond acceptors (Lipinski definition) is 8. The van der Waals surface area contributed by atoms with Gasteiger partial charge < -0.3 is 10.1 Å². The van der Waals surface area contributed by atoms with Gasteiger partial charge in [-0.15, -0.1) is 11.3 Å². The highest BCUT2D eigenvalue weighted by Crippen LogP contribution is 2.33. The SMILES string of the molecule is [B]c1cc(-c2cncc(OCC)n2)ccc1NC(=O)Cc1csc(N(C)S(=O)(=O)C2CC2)n1. The summed E-state index contributed by atoms with van der Waals surface area (Å²) >= 11 is 1.19. The number of carbonyl (C=O) groups excluding carboxylic acids is 1. The maximum Gasteiger partial charge on any atom is 0.239 e. The third-order valence-corrected chi connectivity index (χ3v) is 8.34. The van der Waals surface area contributed by atoms with Gasteiger partial charge >= 0.3 is 0 Å². The molecule has 1 aliphatic rings. The molecular formula is C21H22BN5O4S2. The zero-order valence-electron chi connectivity index (χ0n) is 18.2. The molecule has 170 valence electrons. The van der Waals surface area contributed by atoms with Crippen LogP contribution in [0.15, 0.2) is 36.0 Å². The summed E-state index contributed by atoms with van der Waals surface area (Å²) in [4.78, 5) is 25.4. The molecule has 9 nitrogen and oxygen atoms in total. The van der Waals surface area contributed by atoms with Crippen LogP contribution in [0.5, 0.6) is 5.88 Å². The van der Waals surface area contributed by atoms with E-state index in [0.29, 0.717) is 53.0 Å². The number of rotatable bonds is 9. The van der Waals surface area contributed by atoms with Crippen molar-refractivity contribution in [3.63, 3.8) is 0 Å². The highest BCUT2D eigenvalue weighted by molar-refractivity contribution is 7.93. The van der Waals surface area contributed by atoms with E-state index in [0.717, 1.165) is 5.56 Å². The van der Waals surface area contributed by atoms with Crippen LogP contribution in [-0.2, 0) is 21.2 Å². The van der Waals surface area contributed by atoms with E-state index in [9.17, 15) is 13.2 Å². The van der Waals surface area contributed by atoms with E-state index in [-0.39, 0.29) is 17.6 Å². The van der Waals surface area contributed by atoms with E-state index >= 15 is 0 Å². The Hall–Kier alpha value is -2.99. The van der Waals surface area contributed by atoms with Crippen LogP contribution in [0.2, 0.25) is 0 Å². The number of anilines is 2. The zero-order chi connectivity index (χ0) is 23.6. The molecule has 12 heteroatoms. The molecule has 3 aromatic rings. The molecule has 2 heterocycles.